The Balaban J connectivity index is 2.37. The molecule has 0 aliphatic carbocycles. The number of thiophene rings is 1. The second-order valence-electron chi connectivity index (χ2n) is 4.71. The summed E-state index contributed by atoms with van der Waals surface area (Å²) in [5.74, 6) is 0.800. The van der Waals surface area contributed by atoms with Crippen molar-refractivity contribution in [2.24, 2.45) is 11.7 Å². The molecule has 0 fully saturated rings. The number of carbonyl (C=O) groups excluding carboxylic acids is 1. The third kappa shape index (κ3) is 5.19. The second kappa shape index (κ2) is 8.27. The Kier molecular flexibility index (Phi) is 6.98. The van der Waals surface area contributed by atoms with Crippen LogP contribution < -0.4 is 5.73 Å². The molecular weight excluding hydrogens is 244 g/mol. The molecule has 2 N–H and O–H groups in total. The predicted octanol–water partition coefficient (Wildman–Crippen LogP) is 2.86. The molecule has 0 bridgehead atoms. The van der Waals surface area contributed by atoms with Crippen LogP contribution in [-0.4, -0.2) is 23.9 Å². The van der Waals surface area contributed by atoms with Crippen LogP contribution in [0.2, 0.25) is 0 Å². The Labute approximate surface area is 114 Å². The number of nitrogens with two attached hydrogens (primary N) is 1. The number of carbonyl (C=O) groups is 1. The highest BCUT2D eigenvalue weighted by molar-refractivity contribution is 7.09. The summed E-state index contributed by atoms with van der Waals surface area (Å²) in [6.45, 7) is 6.44. The Hall–Kier alpha value is -0.870. The van der Waals surface area contributed by atoms with Crippen LogP contribution >= 0.6 is 11.3 Å². The number of amides is 1. The summed E-state index contributed by atoms with van der Waals surface area (Å²) in [7, 11) is 0. The van der Waals surface area contributed by atoms with Crippen LogP contribution in [0.25, 0.3) is 0 Å². The van der Waals surface area contributed by atoms with Crippen molar-refractivity contribution in [3.05, 3.63) is 22.4 Å². The zero-order chi connectivity index (χ0) is 13.4. The van der Waals surface area contributed by atoms with Crippen LogP contribution in [0.5, 0.6) is 0 Å². The summed E-state index contributed by atoms with van der Waals surface area (Å²) in [6, 6.07) is 4.11. The summed E-state index contributed by atoms with van der Waals surface area (Å²) in [6.07, 6.45) is 2.59. The molecule has 1 amide bonds. The Morgan fingerprint density at radius 1 is 1.50 bits per heavy atom. The summed E-state index contributed by atoms with van der Waals surface area (Å²) >= 11 is 1.71. The first-order chi connectivity index (χ1) is 8.67. The number of nitrogens with zero attached hydrogens (tertiary/aromatic N) is 1. The van der Waals surface area contributed by atoms with Gasteiger partial charge >= 0.3 is 0 Å². The van der Waals surface area contributed by atoms with Gasteiger partial charge in [-0.1, -0.05) is 13.0 Å². The maximum Gasteiger partial charge on any atom is 0.222 e. The minimum Gasteiger partial charge on any atom is -0.338 e. The molecule has 1 rings (SSSR count). The number of hydrogen-bond acceptors (Lipinski definition) is 3. The molecule has 0 saturated carbocycles. The van der Waals surface area contributed by atoms with E-state index in [-0.39, 0.29) is 5.91 Å². The van der Waals surface area contributed by atoms with Crippen molar-refractivity contribution in [1.82, 2.24) is 4.90 Å². The highest BCUT2D eigenvalue weighted by atomic mass is 32.1. The van der Waals surface area contributed by atoms with Crippen LogP contribution in [0.3, 0.4) is 0 Å². The molecule has 0 aliphatic heterocycles. The highest BCUT2D eigenvalue weighted by Gasteiger charge is 2.13. The molecule has 1 atom stereocenters. The van der Waals surface area contributed by atoms with Crippen molar-refractivity contribution in [3.8, 4) is 0 Å². The SMILES string of the molecule is CCN(Cc1cccs1)C(=O)CCC(C)CCN. The van der Waals surface area contributed by atoms with Gasteiger partial charge in [0.15, 0.2) is 0 Å². The minimum absolute atomic E-state index is 0.259. The Morgan fingerprint density at radius 2 is 2.28 bits per heavy atom. The first-order valence-electron chi connectivity index (χ1n) is 6.67. The summed E-state index contributed by atoms with van der Waals surface area (Å²) < 4.78 is 0. The topological polar surface area (TPSA) is 46.3 Å². The Bertz CT molecular complexity index is 338. The average molecular weight is 268 g/mol. The monoisotopic (exact) mass is 268 g/mol. The van der Waals surface area contributed by atoms with Gasteiger partial charge in [0.2, 0.25) is 5.91 Å². The lowest BCUT2D eigenvalue weighted by atomic mass is 10.0. The fourth-order valence-corrected chi connectivity index (χ4v) is 2.64. The third-order valence-electron chi connectivity index (χ3n) is 3.17. The van der Waals surface area contributed by atoms with E-state index in [1.165, 1.54) is 4.88 Å². The molecule has 18 heavy (non-hydrogen) atoms. The molecule has 0 aliphatic rings. The maximum atomic E-state index is 12.1. The van der Waals surface area contributed by atoms with Gasteiger partial charge in [0.25, 0.3) is 0 Å². The molecule has 1 unspecified atom stereocenters. The number of hydrogen-bond donors (Lipinski definition) is 1. The number of rotatable bonds is 8. The maximum absolute atomic E-state index is 12.1. The predicted molar refractivity (Wildman–Crippen MR) is 77.5 cm³/mol. The van der Waals surface area contributed by atoms with Gasteiger partial charge < -0.3 is 10.6 Å². The van der Waals surface area contributed by atoms with Crippen molar-refractivity contribution >= 4 is 17.2 Å². The molecule has 102 valence electrons. The van der Waals surface area contributed by atoms with E-state index in [1.807, 2.05) is 17.9 Å². The van der Waals surface area contributed by atoms with Gasteiger partial charge in [-0.3, -0.25) is 4.79 Å². The molecule has 1 heterocycles. The lowest BCUT2D eigenvalue weighted by molar-refractivity contribution is -0.131. The van der Waals surface area contributed by atoms with E-state index < -0.39 is 0 Å². The average Bonchev–Trinajstić information content (AvgIpc) is 2.86. The van der Waals surface area contributed by atoms with Crippen LogP contribution in [0.4, 0.5) is 0 Å². The highest BCUT2D eigenvalue weighted by Crippen LogP contribution is 2.15. The smallest absolute Gasteiger partial charge is 0.222 e. The van der Waals surface area contributed by atoms with Gasteiger partial charge in [-0.25, -0.2) is 0 Å². The van der Waals surface area contributed by atoms with E-state index in [0.29, 0.717) is 18.9 Å². The molecular formula is C14H24N2OS. The van der Waals surface area contributed by atoms with E-state index in [2.05, 4.69) is 18.4 Å². The molecule has 3 nitrogen and oxygen atoms in total. The van der Waals surface area contributed by atoms with Gasteiger partial charge in [-0.15, -0.1) is 11.3 Å². The molecule has 0 radical (unpaired) electrons. The molecule has 1 aromatic heterocycles. The van der Waals surface area contributed by atoms with Gasteiger partial charge in [-0.2, -0.15) is 0 Å². The third-order valence-corrected chi connectivity index (χ3v) is 4.03. The van der Waals surface area contributed by atoms with Crippen molar-refractivity contribution in [2.75, 3.05) is 13.1 Å². The van der Waals surface area contributed by atoms with Crippen molar-refractivity contribution in [3.63, 3.8) is 0 Å². The zero-order valence-electron chi connectivity index (χ0n) is 11.4. The fourth-order valence-electron chi connectivity index (χ4n) is 1.92. The molecule has 0 spiro atoms. The first-order valence-corrected chi connectivity index (χ1v) is 7.55. The van der Waals surface area contributed by atoms with Gasteiger partial charge in [0.05, 0.1) is 6.54 Å². The van der Waals surface area contributed by atoms with E-state index in [1.54, 1.807) is 11.3 Å². The molecule has 0 saturated heterocycles. The van der Waals surface area contributed by atoms with E-state index in [0.717, 1.165) is 25.9 Å². The van der Waals surface area contributed by atoms with Gasteiger partial charge in [0.1, 0.15) is 0 Å². The summed E-state index contributed by atoms with van der Waals surface area (Å²) in [4.78, 5) is 15.3. The van der Waals surface area contributed by atoms with E-state index >= 15 is 0 Å². The van der Waals surface area contributed by atoms with Crippen LogP contribution in [0.1, 0.15) is 38.0 Å². The second-order valence-corrected chi connectivity index (χ2v) is 5.74. The molecule has 0 aromatic carbocycles. The van der Waals surface area contributed by atoms with Gasteiger partial charge in [-0.05, 0) is 43.7 Å². The van der Waals surface area contributed by atoms with E-state index in [9.17, 15) is 4.79 Å². The first kappa shape index (κ1) is 15.2. The standard InChI is InChI=1S/C14H24N2OS/c1-3-16(11-13-5-4-10-18-13)14(17)7-6-12(2)8-9-15/h4-5,10,12H,3,6-9,11,15H2,1-2H3. The largest absolute Gasteiger partial charge is 0.338 e. The van der Waals surface area contributed by atoms with Crippen molar-refractivity contribution in [2.45, 2.75) is 39.7 Å². The van der Waals surface area contributed by atoms with Crippen molar-refractivity contribution in [1.29, 1.82) is 0 Å². The lowest BCUT2D eigenvalue weighted by Gasteiger charge is -2.21. The minimum atomic E-state index is 0.259. The fraction of sp³-hybridized carbons (Fsp3) is 0.643. The summed E-state index contributed by atoms with van der Waals surface area (Å²) in [5, 5.41) is 2.05. The quantitative estimate of drug-likeness (QED) is 0.788. The normalized spacial score (nSPS) is 12.4. The van der Waals surface area contributed by atoms with Crippen LogP contribution in [-0.2, 0) is 11.3 Å². The lowest BCUT2D eigenvalue weighted by Crippen LogP contribution is -2.30. The van der Waals surface area contributed by atoms with Gasteiger partial charge in [0, 0.05) is 17.8 Å². The Morgan fingerprint density at radius 3 is 2.83 bits per heavy atom. The van der Waals surface area contributed by atoms with Crippen molar-refractivity contribution < 1.29 is 4.79 Å². The van der Waals surface area contributed by atoms with Crippen LogP contribution in [0, 0.1) is 5.92 Å². The molecule has 4 heteroatoms. The molecule has 1 aromatic rings. The van der Waals surface area contributed by atoms with E-state index in [4.69, 9.17) is 5.73 Å². The van der Waals surface area contributed by atoms with Crippen LogP contribution in [0.15, 0.2) is 17.5 Å². The zero-order valence-corrected chi connectivity index (χ0v) is 12.2. The summed E-state index contributed by atoms with van der Waals surface area (Å²) in [5.41, 5.74) is 5.52.